The Morgan fingerprint density at radius 1 is 1.25 bits per heavy atom. The number of ether oxygens (including phenoxy) is 1. The minimum Gasteiger partial charge on any atom is -0.444 e. The van der Waals surface area contributed by atoms with Crippen LogP contribution in [0.3, 0.4) is 0 Å². The van der Waals surface area contributed by atoms with Gasteiger partial charge in [0, 0.05) is 6.54 Å². The maximum absolute atomic E-state index is 11.3. The highest BCUT2D eigenvalue weighted by atomic mass is 16.6. The fourth-order valence-electron chi connectivity index (χ4n) is 1.11. The van der Waals surface area contributed by atoms with Crippen molar-refractivity contribution in [2.45, 2.75) is 39.2 Å². The summed E-state index contributed by atoms with van der Waals surface area (Å²) in [6.45, 7) is 6.02. The van der Waals surface area contributed by atoms with E-state index in [0.717, 1.165) is 6.54 Å². The highest BCUT2D eigenvalue weighted by Crippen LogP contribution is 2.27. The van der Waals surface area contributed by atoms with Crippen molar-refractivity contribution in [1.82, 2.24) is 10.6 Å². The highest BCUT2D eigenvalue weighted by molar-refractivity contribution is 5.82. The SMILES string of the molecule is CC(C)(C)OC(=O)NCC(=O)NCC1CC1. The molecule has 0 radical (unpaired) electrons. The second-order valence-corrected chi connectivity index (χ2v) is 5.10. The lowest BCUT2D eigenvalue weighted by Crippen LogP contribution is -2.40. The Balaban J connectivity index is 2.07. The molecule has 92 valence electrons. The molecule has 2 amide bonds. The summed E-state index contributed by atoms with van der Waals surface area (Å²) < 4.78 is 5.00. The zero-order chi connectivity index (χ0) is 12.2. The topological polar surface area (TPSA) is 67.4 Å². The van der Waals surface area contributed by atoms with Gasteiger partial charge >= 0.3 is 6.09 Å². The van der Waals surface area contributed by atoms with Crippen LogP contribution in [0.25, 0.3) is 0 Å². The summed E-state index contributed by atoms with van der Waals surface area (Å²) in [4.78, 5) is 22.5. The van der Waals surface area contributed by atoms with E-state index in [0.29, 0.717) is 5.92 Å². The van der Waals surface area contributed by atoms with Crippen LogP contribution in [0, 0.1) is 5.92 Å². The molecule has 1 aliphatic rings. The number of carbonyl (C=O) groups excluding carboxylic acids is 2. The first kappa shape index (κ1) is 12.8. The van der Waals surface area contributed by atoms with Gasteiger partial charge in [0.2, 0.25) is 5.91 Å². The van der Waals surface area contributed by atoms with Crippen molar-refractivity contribution in [2.75, 3.05) is 13.1 Å². The molecular formula is C11H20N2O3. The van der Waals surface area contributed by atoms with Gasteiger partial charge in [-0.3, -0.25) is 4.79 Å². The summed E-state index contributed by atoms with van der Waals surface area (Å²) in [5, 5.41) is 5.16. The van der Waals surface area contributed by atoms with Crippen LogP contribution in [0.1, 0.15) is 33.6 Å². The molecule has 0 bridgehead atoms. The Morgan fingerprint density at radius 3 is 2.38 bits per heavy atom. The van der Waals surface area contributed by atoms with Crippen LogP contribution in [0.4, 0.5) is 4.79 Å². The van der Waals surface area contributed by atoms with Gasteiger partial charge in [-0.1, -0.05) is 0 Å². The molecule has 0 aromatic carbocycles. The maximum atomic E-state index is 11.3. The van der Waals surface area contributed by atoms with Gasteiger partial charge in [0.05, 0.1) is 6.54 Å². The van der Waals surface area contributed by atoms with E-state index in [-0.39, 0.29) is 12.5 Å². The van der Waals surface area contributed by atoms with E-state index in [1.807, 2.05) is 0 Å². The van der Waals surface area contributed by atoms with Crippen molar-refractivity contribution < 1.29 is 14.3 Å². The molecule has 0 spiro atoms. The Bertz CT molecular complexity index is 267. The molecule has 0 atom stereocenters. The lowest BCUT2D eigenvalue weighted by Gasteiger charge is -2.19. The number of alkyl carbamates (subject to hydrolysis) is 1. The van der Waals surface area contributed by atoms with Gasteiger partial charge in [-0.15, -0.1) is 0 Å². The summed E-state index contributed by atoms with van der Waals surface area (Å²) in [5.41, 5.74) is -0.533. The van der Waals surface area contributed by atoms with Gasteiger partial charge in [-0.05, 0) is 39.5 Å². The zero-order valence-corrected chi connectivity index (χ0v) is 10.1. The molecule has 0 aromatic heterocycles. The quantitative estimate of drug-likeness (QED) is 0.755. The van der Waals surface area contributed by atoms with Crippen LogP contribution < -0.4 is 10.6 Å². The normalized spacial score (nSPS) is 15.4. The minimum absolute atomic E-state index is 0.0262. The van der Waals surface area contributed by atoms with Crippen LogP contribution in [0.5, 0.6) is 0 Å². The fourth-order valence-corrected chi connectivity index (χ4v) is 1.11. The van der Waals surface area contributed by atoms with Crippen LogP contribution in [-0.2, 0) is 9.53 Å². The average Bonchev–Trinajstić information content (AvgIpc) is 2.92. The van der Waals surface area contributed by atoms with Crippen molar-refractivity contribution >= 4 is 12.0 Å². The Hall–Kier alpha value is -1.26. The third kappa shape index (κ3) is 6.27. The van der Waals surface area contributed by atoms with Crippen molar-refractivity contribution in [3.63, 3.8) is 0 Å². The molecule has 2 N–H and O–H groups in total. The van der Waals surface area contributed by atoms with E-state index in [2.05, 4.69) is 10.6 Å². The van der Waals surface area contributed by atoms with Gasteiger partial charge < -0.3 is 15.4 Å². The molecule has 1 saturated carbocycles. The largest absolute Gasteiger partial charge is 0.444 e. The lowest BCUT2D eigenvalue weighted by atomic mass is 10.2. The van der Waals surface area contributed by atoms with E-state index in [1.54, 1.807) is 20.8 Å². The maximum Gasteiger partial charge on any atom is 0.408 e. The first-order chi connectivity index (χ1) is 7.37. The Morgan fingerprint density at radius 2 is 1.88 bits per heavy atom. The van der Waals surface area contributed by atoms with Crippen molar-refractivity contribution in [3.05, 3.63) is 0 Å². The van der Waals surface area contributed by atoms with Gasteiger partial charge in [0.15, 0.2) is 0 Å². The van der Waals surface area contributed by atoms with E-state index >= 15 is 0 Å². The summed E-state index contributed by atoms with van der Waals surface area (Å²) in [7, 11) is 0. The third-order valence-corrected chi connectivity index (χ3v) is 2.08. The standard InChI is InChI=1S/C11H20N2O3/c1-11(2,3)16-10(15)13-7-9(14)12-6-8-4-5-8/h8H,4-7H2,1-3H3,(H,12,14)(H,13,15). The number of hydrogen-bond donors (Lipinski definition) is 2. The molecule has 1 fully saturated rings. The second kappa shape index (κ2) is 5.18. The van der Waals surface area contributed by atoms with Gasteiger partial charge in [-0.2, -0.15) is 0 Å². The molecule has 0 aromatic rings. The highest BCUT2D eigenvalue weighted by Gasteiger charge is 2.22. The number of carbonyl (C=O) groups is 2. The van der Waals surface area contributed by atoms with Crippen LogP contribution in [0.2, 0.25) is 0 Å². The molecule has 1 aliphatic carbocycles. The summed E-state index contributed by atoms with van der Waals surface area (Å²) in [6.07, 6.45) is 1.83. The van der Waals surface area contributed by atoms with Crippen LogP contribution >= 0.6 is 0 Å². The smallest absolute Gasteiger partial charge is 0.408 e. The molecule has 0 aliphatic heterocycles. The molecule has 1 rings (SSSR count). The number of amides is 2. The van der Waals surface area contributed by atoms with Crippen LogP contribution in [-0.4, -0.2) is 30.7 Å². The van der Waals surface area contributed by atoms with Crippen LogP contribution in [0.15, 0.2) is 0 Å². The number of nitrogens with one attached hydrogen (secondary N) is 2. The minimum atomic E-state index is -0.561. The lowest BCUT2D eigenvalue weighted by molar-refractivity contribution is -0.120. The van der Waals surface area contributed by atoms with Crippen molar-refractivity contribution in [3.8, 4) is 0 Å². The monoisotopic (exact) mass is 228 g/mol. The van der Waals surface area contributed by atoms with Gasteiger partial charge in [0.25, 0.3) is 0 Å². The summed E-state index contributed by atoms with van der Waals surface area (Å²) in [5.74, 6) is 0.475. The average molecular weight is 228 g/mol. The summed E-state index contributed by atoms with van der Waals surface area (Å²) >= 11 is 0. The van der Waals surface area contributed by atoms with Crippen molar-refractivity contribution in [1.29, 1.82) is 0 Å². The summed E-state index contributed by atoms with van der Waals surface area (Å²) in [6, 6.07) is 0. The van der Waals surface area contributed by atoms with E-state index in [1.165, 1.54) is 12.8 Å². The predicted octanol–water partition coefficient (Wildman–Crippen LogP) is 1.04. The molecule has 5 heteroatoms. The molecule has 0 unspecified atom stereocenters. The zero-order valence-electron chi connectivity index (χ0n) is 10.1. The number of hydrogen-bond acceptors (Lipinski definition) is 3. The van der Waals surface area contributed by atoms with E-state index in [9.17, 15) is 9.59 Å². The molecular weight excluding hydrogens is 208 g/mol. The van der Waals surface area contributed by atoms with E-state index in [4.69, 9.17) is 4.74 Å². The first-order valence-corrected chi connectivity index (χ1v) is 5.60. The molecule has 16 heavy (non-hydrogen) atoms. The van der Waals surface area contributed by atoms with Gasteiger partial charge in [0.1, 0.15) is 5.60 Å². The first-order valence-electron chi connectivity index (χ1n) is 5.60. The Labute approximate surface area is 95.9 Å². The predicted molar refractivity (Wildman–Crippen MR) is 60.0 cm³/mol. The van der Waals surface area contributed by atoms with E-state index < -0.39 is 11.7 Å². The Kier molecular flexibility index (Phi) is 4.15. The third-order valence-electron chi connectivity index (χ3n) is 2.08. The second-order valence-electron chi connectivity index (χ2n) is 5.10. The van der Waals surface area contributed by atoms with Crippen molar-refractivity contribution in [2.24, 2.45) is 5.92 Å². The molecule has 5 nitrogen and oxygen atoms in total. The number of rotatable bonds is 4. The van der Waals surface area contributed by atoms with Gasteiger partial charge in [-0.25, -0.2) is 4.79 Å². The molecule has 0 saturated heterocycles. The fraction of sp³-hybridized carbons (Fsp3) is 0.818. The molecule has 0 heterocycles.